The summed E-state index contributed by atoms with van der Waals surface area (Å²) >= 11 is 12.1. The van der Waals surface area contributed by atoms with Gasteiger partial charge in [0, 0.05) is 34.1 Å². The van der Waals surface area contributed by atoms with Crippen molar-refractivity contribution in [2.45, 2.75) is 98.8 Å². The van der Waals surface area contributed by atoms with E-state index in [0.717, 1.165) is 46.0 Å². The fourth-order valence-corrected chi connectivity index (χ4v) is 6.06. The van der Waals surface area contributed by atoms with Gasteiger partial charge in [-0.3, -0.25) is 25.2 Å². The molecule has 0 unspecified atom stereocenters. The van der Waals surface area contributed by atoms with Crippen LogP contribution in [0.25, 0.3) is 22.5 Å². The van der Waals surface area contributed by atoms with E-state index in [1.165, 1.54) is 6.07 Å². The summed E-state index contributed by atoms with van der Waals surface area (Å²) in [5.74, 6) is 7.40. The summed E-state index contributed by atoms with van der Waals surface area (Å²) in [5, 5.41) is 0.801. The molecule has 0 saturated heterocycles. The normalized spacial score (nSPS) is 11.2. The van der Waals surface area contributed by atoms with Crippen LogP contribution in [0.3, 0.4) is 0 Å². The quantitative estimate of drug-likeness (QED) is 0.0301. The number of benzene rings is 4. The topological polar surface area (TPSA) is 189 Å². The number of hydrogen-bond donors (Lipinski definition) is 6. The molecule has 0 radical (unpaired) electrons. The maximum Gasteiger partial charge on any atom is 0.265 e. The van der Waals surface area contributed by atoms with Crippen LogP contribution in [0.1, 0.15) is 118 Å². The highest BCUT2D eigenvalue weighted by Gasteiger charge is 2.19. The minimum atomic E-state index is -0.381. The molecule has 2 aromatic heterocycles. The van der Waals surface area contributed by atoms with Crippen LogP contribution in [-0.4, -0.2) is 50.2 Å². The van der Waals surface area contributed by atoms with E-state index in [9.17, 15) is 14.4 Å². The summed E-state index contributed by atoms with van der Waals surface area (Å²) in [4.78, 5) is 49.6. The van der Waals surface area contributed by atoms with Gasteiger partial charge in [-0.15, -0.1) is 0 Å². The summed E-state index contributed by atoms with van der Waals surface area (Å²) in [6.45, 7) is 20.9. The number of amides is 2. The number of aldehydes is 1. The Kier molecular flexibility index (Phi) is 17.6. The SMILES string of the molecule is CC(C)(C)c1ncc(-c2ccc(C=O)cc2)[nH]1.CC(C)Oc1ccc(C(=O)NN)cc1Cl.CC(C)Oc1ccc(C(=O)NNCc2ccc(-c3cnc(C(C)(C)C)[nH]3)cc2)cc1Cl. The van der Waals surface area contributed by atoms with Gasteiger partial charge >= 0.3 is 0 Å². The molecule has 6 rings (SSSR count). The van der Waals surface area contributed by atoms with Gasteiger partial charge in [0.15, 0.2) is 0 Å². The van der Waals surface area contributed by atoms with E-state index >= 15 is 0 Å². The van der Waals surface area contributed by atoms with Gasteiger partial charge in [-0.1, -0.05) is 113 Å². The van der Waals surface area contributed by atoms with E-state index in [1.54, 1.807) is 42.5 Å². The largest absolute Gasteiger partial charge is 0.489 e. The zero-order valence-electron chi connectivity index (χ0n) is 37.4. The number of imidazole rings is 2. The van der Waals surface area contributed by atoms with Crippen LogP contribution in [0.5, 0.6) is 11.5 Å². The highest BCUT2D eigenvalue weighted by Crippen LogP contribution is 2.28. The first kappa shape index (κ1) is 49.7. The highest BCUT2D eigenvalue weighted by molar-refractivity contribution is 6.32. The van der Waals surface area contributed by atoms with E-state index in [0.29, 0.717) is 44.8 Å². The van der Waals surface area contributed by atoms with Gasteiger partial charge in [-0.05, 0) is 80.8 Å². The molecule has 334 valence electrons. The van der Waals surface area contributed by atoms with E-state index < -0.39 is 0 Å². The Bertz CT molecular complexity index is 2430. The van der Waals surface area contributed by atoms with Crippen LogP contribution in [0, 0.1) is 0 Å². The van der Waals surface area contributed by atoms with Crippen molar-refractivity contribution >= 4 is 41.3 Å². The fraction of sp³-hybridized carbons (Fsp3) is 0.312. The molecule has 0 aliphatic rings. The third kappa shape index (κ3) is 15.1. The number of aromatic nitrogens is 4. The summed E-state index contributed by atoms with van der Waals surface area (Å²) in [5.41, 5.74) is 14.3. The highest BCUT2D eigenvalue weighted by atomic mass is 35.5. The van der Waals surface area contributed by atoms with Crippen molar-refractivity contribution < 1.29 is 23.9 Å². The number of nitrogen functional groups attached to an aromatic ring is 1. The van der Waals surface area contributed by atoms with Crippen molar-refractivity contribution in [1.29, 1.82) is 0 Å². The summed E-state index contributed by atoms with van der Waals surface area (Å²) in [6.07, 6.45) is 4.58. The molecule has 0 fully saturated rings. The van der Waals surface area contributed by atoms with Crippen molar-refractivity contribution in [3.63, 3.8) is 0 Å². The predicted molar refractivity (Wildman–Crippen MR) is 251 cm³/mol. The predicted octanol–water partition coefficient (Wildman–Crippen LogP) is 10.2. The van der Waals surface area contributed by atoms with E-state index in [-0.39, 0.29) is 34.9 Å². The number of nitrogens with zero attached hydrogens (tertiary/aromatic N) is 2. The van der Waals surface area contributed by atoms with Gasteiger partial charge < -0.3 is 19.4 Å². The second-order valence-electron chi connectivity index (χ2n) is 17.1. The minimum Gasteiger partial charge on any atom is -0.489 e. The Morgan fingerprint density at radius 2 is 1.11 bits per heavy atom. The van der Waals surface area contributed by atoms with Crippen LogP contribution in [0.15, 0.2) is 97.3 Å². The first-order valence-electron chi connectivity index (χ1n) is 20.4. The van der Waals surface area contributed by atoms with Gasteiger partial charge in [-0.2, -0.15) is 0 Å². The van der Waals surface area contributed by atoms with Gasteiger partial charge in [0.2, 0.25) is 0 Å². The van der Waals surface area contributed by atoms with Gasteiger partial charge in [0.1, 0.15) is 29.4 Å². The Morgan fingerprint density at radius 1 is 0.683 bits per heavy atom. The maximum absolute atomic E-state index is 12.4. The monoisotopic (exact) mass is 896 g/mol. The molecular weight excluding hydrogens is 839 g/mol. The van der Waals surface area contributed by atoms with Crippen LogP contribution >= 0.6 is 23.2 Å². The van der Waals surface area contributed by atoms with Crippen molar-refractivity contribution in [2.75, 3.05) is 0 Å². The summed E-state index contributed by atoms with van der Waals surface area (Å²) < 4.78 is 11.0. The van der Waals surface area contributed by atoms with E-state index in [2.05, 4.69) is 72.3 Å². The fourth-order valence-electron chi connectivity index (χ4n) is 5.61. The standard InChI is InChI=1S/C24H29ClN4O2.C14H16N2O.C10H13ClN2O2/c1-15(2)31-21-11-10-18(12-19(21)25)22(30)29-27-13-16-6-8-17(9-7-16)20-14-26-23(28-20)24(3,4)5;1-14(2,3)13-15-8-12(16-13)11-6-4-10(9-17)5-7-11;1-6(2)15-9-4-3-7(5-8(9)11)10(14)13-12/h6-12,14-15,27H,13H2,1-5H3,(H,26,28)(H,29,30);4-9H,1-3H3,(H,15,16);3-6H,12H2,1-2H3,(H,13,14). The number of halogens is 2. The molecule has 6 aromatic rings. The summed E-state index contributed by atoms with van der Waals surface area (Å²) in [7, 11) is 0. The lowest BCUT2D eigenvalue weighted by atomic mass is 9.96. The molecule has 0 aliphatic heterocycles. The van der Waals surface area contributed by atoms with Gasteiger partial charge in [0.25, 0.3) is 11.8 Å². The zero-order valence-corrected chi connectivity index (χ0v) is 39.0. The Morgan fingerprint density at radius 3 is 1.48 bits per heavy atom. The van der Waals surface area contributed by atoms with Crippen LogP contribution in [0.2, 0.25) is 10.0 Å². The number of ether oxygens (including phenoxy) is 2. The molecule has 0 bridgehead atoms. The van der Waals surface area contributed by atoms with Crippen molar-refractivity contribution in [2.24, 2.45) is 5.84 Å². The second kappa shape index (κ2) is 22.4. The molecule has 0 atom stereocenters. The third-order valence-electron chi connectivity index (χ3n) is 8.93. The number of nitrogens with one attached hydrogen (secondary N) is 5. The average Bonchev–Trinajstić information content (AvgIpc) is 3.95. The molecular formula is C48H58Cl2N8O5. The molecule has 15 heteroatoms. The number of hydrogen-bond acceptors (Lipinski definition) is 9. The molecule has 2 amide bonds. The lowest BCUT2D eigenvalue weighted by molar-refractivity contribution is 0.0929. The zero-order chi connectivity index (χ0) is 46.5. The Hall–Kier alpha value is -5.99. The molecule has 0 aliphatic carbocycles. The first-order valence-corrected chi connectivity index (χ1v) is 21.2. The van der Waals surface area contributed by atoms with Gasteiger partial charge in [-0.25, -0.2) is 21.2 Å². The number of carbonyl (C=O) groups excluding carboxylic acids is 3. The molecule has 4 aromatic carbocycles. The molecule has 2 heterocycles. The number of hydrazine groups is 2. The van der Waals surface area contributed by atoms with Crippen LogP contribution in [-0.2, 0) is 17.4 Å². The second-order valence-corrected chi connectivity index (χ2v) is 17.9. The number of rotatable bonds is 12. The number of carbonyl (C=O) groups is 3. The Labute approximate surface area is 379 Å². The van der Waals surface area contributed by atoms with Gasteiger partial charge in [0.05, 0.1) is 46.0 Å². The minimum absolute atomic E-state index is 0.0130. The average molecular weight is 898 g/mol. The lowest BCUT2D eigenvalue weighted by Crippen LogP contribution is -2.36. The van der Waals surface area contributed by atoms with Crippen LogP contribution in [0.4, 0.5) is 0 Å². The number of nitrogens with two attached hydrogens (primary N) is 1. The molecule has 13 nitrogen and oxygen atoms in total. The maximum atomic E-state index is 12.4. The van der Waals surface area contributed by atoms with E-state index in [4.69, 9.17) is 38.5 Å². The van der Waals surface area contributed by atoms with Crippen molar-refractivity contribution in [3.05, 3.63) is 141 Å². The lowest BCUT2D eigenvalue weighted by Gasteiger charge is -2.14. The number of H-pyrrole nitrogens is 2. The van der Waals surface area contributed by atoms with E-state index in [1.807, 2.05) is 81.9 Å². The first-order chi connectivity index (χ1) is 29.7. The molecule has 7 N–H and O–H groups in total. The summed E-state index contributed by atoms with van der Waals surface area (Å²) in [6, 6.07) is 25.3. The molecule has 63 heavy (non-hydrogen) atoms. The Balaban J connectivity index is 0.000000229. The van der Waals surface area contributed by atoms with Crippen LogP contribution < -0.4 is 31.6 Å². The van der Waals surface area contributed by atoms with Crippen molar-refractivity contribution in [3.8, 4) is 34.0 Å². The smallest absolute Gasteiger partial charge is 0.265 e. The third-order valence-corrected chi connectivity index (χ3v) is 9.52. The number of aromatic amines is 2. The van der Waals surface area contributed by atoms with Crippen molar-refractivity contribution in [1.82, 2.24) is 36.2 Å². The molecule has 0 saturated carbocycles. The molecule has 0 spiro atoms.